The SMILES string of the molecule is C#CCC(C)(COc1ccccc1)O[Si](C)(C)C. The highest BCUT2D eigenvalue weighted by Crippen LogP contribution is 2.23. The number of benzene rings is 1. The van der Waals surface area contributed by atoms with E-state index >= 15 is 0 Å². The third-order valence-corrected chi connectivity index (χ3v) is 3.42. The first-order chi connectivity index (χ1) is 8.35. The van der Waals surface area contributed by atoms with Crippen molar-refractivity contribution in [2.45, 2.75) is 38.6 Å². The third-order valence-electron chi connectivity index (χ3n) is 2.32. The van der Waals surface area contributed by atoms with Gasteiger partial charge in [0.05, 0.1) is 5.60 Å². The van der Waals surface area contributed by atoms with E-state index < -0.39 is 13.9 Å². The van der Waals surface area contributed by atoms with Crippen LogP contribution >= 0.6 is 0 Å². The molecule has 0 spiro atoms. The Morgan fingerprint density at radius 1 is 1.22 bits per heavy atom. The molecular weight excluding hydrogens is 240 g/mol. The molecular formula is C15H22O2Si. The van der Waals surface area contributed by atoms with Gasteiger partial charge in [-0.25, -0.2) is 0 Å². The number of terminal acetylenes is 1. The number of ether oxygens (including phenoxy) is 1. The van der Waals surface area contributed by atoms with Gasteiger partial charge in [-0.15, -0.1) is 12.3 Å². The number of para-hydroxylation sites is 1. The van der Waals surface area contributed by atoms with Crippen molar-refractivity contribution in [2.24, 2.45) is 0 Å². The van der Waals surface area contributed by atoms with Crippen LogP contribution in [0.2, 0.25) is 19.6 Å². The molecule has 0 saturated carbocycles. The van der Waals surface area contributed by atoms with Crippen molar-refractivity contribution < 1.29 is 9.16 Å². The Labute approximate surface area is 111 Å². The second kappa shape index (κ2) is 6.08. The molecule has 1 atom stereocenters. The fourth-order valence-corrected chi connectivity index (χ4v) is 3.43. The first-order valence-electron chi connectivity index (χ1n) is 6.16. The van der Waals surface area contributed by atoms with Gasteiger partial charge in [0.25, 0.3) is 0 Å². The van der Waals surface area contributed by atoms with E-state index in [2.05, 4.69) is 25.6 Å². The van der Waals surface area contributed by atoms with Crippen LogP contribution in [0.25, 0.3) is 0 Å². The molecule has 0 aliphatic carbocycles. The van der Waals surface area contributed by atoms with Gasteiger partial charge < -0.3 is 9.16 Å². The number of hydrogen-bond acceptors (Lipinski definition) is 2. The molecule has 0 saturated heterocycles. The molecule has 18 heavy (non-hydrogen) atoms. The highest BCUT2D eigenvalue weighted by atomic mass is 28.4. The summed E-state index contributed by atoms with van der Waals surface area (Å²) in [5.74, 6) is 3.53. The van der Waals surface area contributed by atoms with Crippen LogP contribution in [0.15, 0.2) is 30.3 Å². The van der Waals surface area contributed by atoms with Crippen LogP contribution in [-0.4, -0.2) is 20.5 Å². The van der Waals surface area contributed by atoms with Crippen LogP contribution in [0.3, 0.4) is 0 Å². The Hall–Kier alpha value is -1.24. The van der Waals surface area contributed by atoms with E-state index in [0.717, 1.165) is 5.75 Å². The molecule has 0 heterocycles. The Kier molecular flexibility index (Phi) is 5.00. The van der Waals surface area contributed by atoms with Crippen molar-refractivity contribution in [3.05, 3.63) is 30.3 Å². The quantitative estimate of drug-likeness (QED) is 0.575. The summed E-state index contributed by atoms with van der Waals surface area (Å²) in [7, 11) is -1.64. The summed E-state index contributed by atoms with van der Waals surface area (Å²) in [6, 6.07) is 9.74. The minimum absolute atomic E-state index is 0.408. The Bertz CT molecular complexity index is 403. The summed E-state index contributed by atoms with van der Waals surface area (Å²) in [4.78, 5) is 0. The predicted molar refractivity (Wildman–Crippen MR) is 78.2 cm³/mol. The maximum absolute atomic E-state index is 6.16. The van der Waals surface area contributed by atoms with Crippen LogP contribution < -0.4 is 4.74 Å². The monoisotopic (exact) mass is 262 g/mol. The minimum Gasteiger partial charge on any atom is -0.491 e. The van der Waals surface area contributed by atoms with Gasteiger partial charge in [0.1, 0.15) is 12.4 Å². The molecule has 1 unspecified atom stereocenters. The highest BCUT2D eigenvalue weighted by molar-refractivity contribution is 6.69. The molecule has 0 bridgehead atoms. The maximum atomic E-state index is 6.16. The van der Waals surface area contributed by atoms with Gasteiger partial charge in [-0.3, -0.25) is 0 Å². The molecule has 0 aliphatic heterocycles. The van der Waals surface area contributed by atoms with Crippen molar-refractivity contribution >= 4 is 8.32 Å². The molecule has 3 heteroatoms. The Morgan fingerprint density at radius 3 is 2.33 bits per heavy atom. The van der Waals surface area contributed by atoms with E-state index in [9.17, 15) is 0 Å². The van der Waals surface area contributed by atoms with E-state index in [1.165, 1.54) is 0 Å². The molecule has 0 aromatic heterocycles. The summed E-state index contributed by atoms with van der Waals surface area (Å²) < 4.78 is 11.9. The van der Waals surface area contributed by atoms with Gasteiger partial charge in [0, 0.05) is 6.42 Å². The van der Waals surface area contributed by atoms with Crippen LogP contribution in [0, 0.1) is 12.3 Å². The fourth-order valence-electron chi connectivity index (χ4n) is 1.82. The van der Waals surface area contributed by atoms with Crippen LogP contribution in [-0.2, 0) is 4.43 Å². The van der Waals surface area contributed by atoms with E-state index in [1.54, 1.807) is 0 Å². The smallest absolute Gasteiger partial charge is 0.184 e. The van der Waals surface area contributed by atoms with Crippen LogP contribution in [0.1, 0.15) is 13.3 Å². The lowest BCUT2D eigenvalue weighted by Crippen LogP contribution is -2.44. The number of hydrogen-bond donors (Lipinski definition) is 0. The molecule has 0 N–H and O–H groups in total. The van der Waals surface area contributed by atoms with Gasteiger partial charge in [-0.2, -0.15) is 0 Å². The summed E-state index contributed by atoms with van der Waals surface area (Å²) in [5, 5.41) is 0. The zero-order valence-corrected chi connectivity index (χ0v) is 12.7. The maximum Gasteiger partial charge on any atom is 0.184 e. The first-order valence-corrected chi connectivity index (χ1v) is 9.57. The minimum atomic E-state index is -1.64. The van der Waals surface area contributed by atoms with Crippen molar-refractivity contribution in [2.75, 3.05) is 6.61 Å². The average molecular weight is 262 g/mol. The van der Waals surface area contributed by atoms with Gasteiger partial charge in [0.15, 0.2) is 8.32 Å². The standard InChI is InChI=1S/C15H22O2Si/c1-6-12-15(2,17-18(3,4)5)13-16-14-10-8-7-9-11-14/h1,7-11H,12-13H2,2-5H3. The van der Waals surface area contributed by atoms with Crippen LogP contribution in [0.4, 0.5) is 0 Å². The molecule has 0 amide bonds. The second-order valence-electron chi connectivity index (χ2n) is 5.65. The number of rotatable bonds is 6. The molecule has 98 valence electrons. The lowest BCUT2D eigenvalue weighted by atomic mass is 10.1. The lowest BCUT2D eigenvalue weighted by Gasteiger charge is -2.34. The van der Waals surface area contributed by atoms with E-state index in [-0.39, 0.29) is 0 Å². The van der Waals surface area contributed by atoms with E-state index in [4.69, 9.17) is 15.6 Å². The molecule has 2 nitrogen and oxygen atoms in total. The normalized spacial score (nSPS) is 14.6. The summed E-state index contributed by atoms with van der Waals surface area (Å²) >= 11 is 0. The lowest BCUT2D eigenvalue weighted by molar-refractivity contribution is 0.0330. The molecule has 1 rings (SSSR count). The summed E-state index contributed by atoms with van der Waals surface area (Å²) in [6.07, 6.45) is 5.99. The molecule has 1 aromatic carbocycles. The molecule has 0 radical (unpaired) electrons. The van der Waals surface area contributed by atoms with Crippen molar-refractivity contribution in [3.63, 3.8) is 0 Å². The first kappa shape index (κ1) is 14.8. The van der Waals surface area contributed by atoms with E-state index in [0.29, 0.717) is 13.0 Å². The van der Waals surface area contributed by atoms with Gasteiger partial charge in [0.2, 0.25) is 0 Å². The van der Waals surface area contributed by atoms with Gasteiger partial charge in [-0.1, -0.05) is 18.2 Å². The molecule has 1 aromatic rings. The van der Waals surface area contributed by atoms with Crippen molar-refractivity contribution in [3.8, 4) is 18.1 Å². The molecule has 0 fully saturated rings. The second-order valence-corrected chi connectivity index (χ2v) is 10.1. The van der Waals surface area contributed by atoms with Gasteiger partial charge >= 0.3 is 0 Å². The zero-order valence-electron chi connectivity index (χ0n) is 11.7. The van der Waals surface area contributed by atoms with E-state index in [1.807, 2.05) is 37.3 Å². The van der Waals surface area contributed by atoms with Crippen molar-refractivity contribution in [1.82, 2.24) is 0 Å². The third kappa shape index (κ3) is 5.39. The highest BCUT2D eigenvalue weighted by Gasteiger charge is 2.31. The zero-order chi connectivity index (χ0) is 13.6. The summed E-state index contributed by atoms with van der Waals surface area (Å²) in [6.45, 7) is 8.97. The van der Waals surface area contributed by atoms with Gasteiger partial charge in [-0.05, 0) is 38.7 Å². The van der Waals surface area contributed by atoms with Crippen LogP contribution in [0.5, 0.6) is 5.75 Å². The largest absolute Gasteiger partial charge is 0.491 e. The Morgan fingerprint density at radius 2 is 1.83 bits per heavy atom. The average Bonchev–Trinajstić information content (AvgIpc) is 2.26. The van der Waals surface area contributed by atoms with Crippen molar-refractivity contribution in [1.29, 1.82) is 0 Å². The molecule has 0 aliphatic rings. The fraction of sp³-hybridized carbons (Fsp3) is 0.467. The topological polar surface area (TPSA) is 18.5 Å². The predicted octanol–water partition coefficient (Wildman–Crippen LogP) is 3.70. The summed E-state index contributed by atoms with van der Waals surface area (Å²) in [5.41, 5.74) is -0.408. The Balaban J connectivity index is 2.66.